The number of benzene rings is 1. The van der Waals surface area contributed by atoms with Crippen LogP contribution in [-0.2, 0) is 25.0 Å². The first-order valence-corrected chi connectivity index (χ1v) is 9.72. The molecular weight excluding hydrogens is 324 g/mol. The van der Waals surface area contributed by atoms with Gasteiger partial charge in [0.05, 0.1) is 12.7 Å². The van der Waals surface area contributed by atoms with E-state index in [0.29, 0.717) is 0 Å². The Morgan fingerprint density at radius 1 is 1.15 bits per heavy atom. The van der Waals surface area contributed by atoms with Crippen LogP contribution in [0.25, 0.3) is 0 Å². The molecule has 0 saturated carbocycles. The summed E-state index contributed by atoms with van der Waals surface area (Å²) in [6, 6.07) is 8.49. The molecule has 2 aromatic rings. The summed E-state index contributed by atoms with van der Waals surface area (Å²) in [4.78, 5) is 6.59. The van der Waals surface area contributed by atoms with Gasteiger partial charge in [0, 0.05) is 43.2 Å². The second-order valence-electron chi connectivity index (χ2n) is 7.69. The smallest absolute Gasteiger partial charge is 0.123 e. The number of pyridine rings is 1. The fraction of sp³-hybridized carbons (Fsp3) is 0.500. The third kappa shape index (κ3) is 3.49. The van der Waals surface area contributed by atoms with Crippen molar-refractivity contribution in [2.75, 3.05) is 20.2 Å². The van der Waals surface area contributed by atoms with Crippen molar-refractivity contribution in [3.63, 3.8) is 0 Å². The Morgan fingerprint density at radius 2 is 1.88 bits per heavy atom. The lowest BCUT2D eigenvalue weighted by atomic mass is 9.85. The number of rotatable bonds is 4. The van der Waals surface area contributed by atoms with Gasteiger partial charge in [-0.25, -0.2) is 0 Å². The third-order valence-electron chi connectivity index (χ3n) is 6.02. The third-order valence-corrected chi connectivity index (χ3v) is 6.02. The number of aromatic nitrogens is 1. The van der Waals surface area contributed by atoms with Gasteiger partial charge >= 0.3 is 0 Å². The second-order valence-corrected chi connectivity index (χ2v) is 7.69. The lowest BCUT2D eigenvalue weighted by Crippen LogP contribution is -2.42. The van der Waals surface area contributed by atoms with Crippen molar-refractivity contribution in [3.8, 4) is 5.75 Å². The summed E-state index contributed by atoms with van der Waals surface area (Å²) in [5, 5.41) is 11.0. The van der Waals surface area contributed by atoms with E-state index in [1.54, 1.807) is 19.5 Å². The van der Waals surface area contributed by atoms with Gasteiger partial charge < -0.3 is 9.84 Å². The van der Waals surface area contributed by atoms with Crippen LogP contribution in [0.4, 0.5) is 0 Å². The summed E-state index contributed by atoms with van der Waals surface area (Å²) in [6.45, 7) is 2.65. The van der Waals surface area contributed by atoms with Gasteiger partial charge in [0.25, 0.3) is 0 Å². The highest BCUT2D eigenvalue weighted by molar-refractivity contribution is 5.44. The van der Waals surface area contributed by atoms with Crippen LogP contribution < -0.4 is 4.74 Å². The Hall–Kier alpha value is -1.91. The molecule has 0 spiro atoms. The van der Waals surface area contributed by atoms with Gasteiger partial charge in [-0.05, 0) is 61.8 Å². The molecule has 1 aliphatic carbocycles. The van der Waals surface area contributed by atoms with Crippen LogP contribution in [0.15, 0.2) is 36.7 Å². The monoisotopic (exact) mass is 352 g/mol. The number of likely N-dealkylation sites (tertiary alicyclic amines) is 1. The van der Waals surface area contributed by atoms with Crippen LogP contribution in [0.3, 0.4) is 0 Å². The molecule has 0 atom stereocenters. The van der Waals surface area contributed by atoms with Gasteiger partial charge in [-0.2, -0.15) is 0 Å². The minimum atomic E-state index is -0.745. The van der Waals surface area contributed by atoms with E-state index in [4.69, 9.17) is 4.74 Å². The van der Waals surface area contributed by atoms with Crippen molar-refractivity contribution in [2.24, 2.45) is 0 Å². The number of hydrogen-bond acceptors (Lipinski definition) is 4. The summed E-state index contributed by atoms with van der Waals surface area (Å²) < 4.78 is 5.68. The number of piperidine rings is 1. The number of aryl methyl sites for hydroxylation is 2. The van der Waals surface area contributed by atoms with Crippen LogP contribution in [-0.4, -0.2) is 35.2 Å². The lowest BCUT2D eigenvalue weighted by molar-refractivity contribution is -0.0280. The van der Waals surface area contributed by atoms with E-state index >= 15 is 0 Å². The van der Waals surface area contributed by atoms with Gasteiger partial charge in [-0.1, -0.05) is 12.1 Å². The summed E-state index contributed by atoms with van der Waals surface area (Å²) >= 11 is 0. The van der Waals surface area contributed by atoms with E-state index in [9.17, 15) is 5.11 Å². The maximum atomic E-state index is 11.0. The molecule has 0 unspecified atom stereocenters. The van der Waals surface area contributed by atoms with Crippen LogP contribution in [0, 0.1) is 0 Å². The Bertz CT molecular complexity index is 752. The molecule has 2 aliphatic rings. The van der Waals surface area contributed by atoms with E-state index in [0.717, 1.165) is 43.8 Å². The first-order valence-electron chi connectivity index (χ1n) is 9.72. The molecule has 0 bridgehead atoms. The zero-order chi connectivity index (χ0) is 18.0. The fourth-order valence-corrected chi connectivity index (χ4v) is 4.38. The number of nitrogens with zero attached hydrogens (tertiary/aromatic N) is 2. The van der Waals surface area contributed by atoms with Gasteiger partial charge in [0.1, 0.15) is 5.75 Å². The number of aliphatic hydroxyl groups is 1. The Labute approximate surface area is 155 Å². The number of fused-ring (bicyclic) bond motifs is 1. The molecular formula is C22H28N2O2. The van der Waals surface area contributed by atoms with E-state index < -0.39 is 5.60 Å². The summed E-state index contributed by atoms with van der Waals surface area (Å²) in [5.74, 6) is 1.01. The van der Waals surface area contributed by atoms with Gasteiger partial charge in [-0.3, -0.25) is 9.88 Å². The van der Waals surface area contributed by atoms with Crippen molar-refractivity contribution in [1.82, 2.24) is 9.88 Å². The quantitative estimate of drug-likeness (QED) is 0.915. The average Bonchev–Trinajstić information content (AvgIpc) is 2.70. The van der Waals surface area contributed by atoms with Crippen molar-refractivity contribution < 1.29 is 9.84 Å². The molecule has 1 aromatic heterocycles. The maximum absolute atomic E-state index is 11.0. The molecule has 0 amide bonds. The van der Waals surface area contributed by atoms with Crippen LogP contribution in [0.1, 0.15) is 47.9 Å². The second kappa shape index (κ2) is 7.37. The van der Waals surface area contributed by atoms with Crippen LogP contribution in [0.5, 0.6) is 5.75 Å². The standard InChI is InChI=1S/C22H28N2O2/c1-26-21-14-18-6-3-2-5-17(18)13-19(21)16-24-11-8-22(25,9-12-24)20-7-4-10-23-15-20/h4,7,10,13-15,25H,2-3,5-6,8-9,11-12,16H2,1H3. The number of hydrogen-bond donors (Lipinski definition) is 1. The van der Waals surface area contributed by atoms with Gasteiger partial charge in [-0.15, -0.1) is 0 Å². The Morgan fingerprint density at radius 3 is 2.54 bits per heavy atom. The first kappa shape index (κ1) is 17.5. The molecule has 1 saturated heterocycles. The molecule has 138 valence electrons. The van der Waals surface area contributed by atoms with E-state index in [1.807, 2.05) is 12.1 Å². The highest BCUT2D eigenvalue weighted by Gasteiger charge is 2.34. The average molecular weight is 352 g/mol. The van der Waals surface area contributed by atoms with Crippen LogP contribution in [0.2, 0.25) is 0 Å². The van der Waals surface area contributed by atoms with Crippen molar-refractivity contribution in [2.45, 2.75) is 50.7 Å². The molecule has 1 aromatic carbocycles. The van der Waals surface area contributed by atoms with Gasteiger partial charge in [0.15, 0.2) is 0 Å². The lowest BCUT2D eigenvalue weighted by Gasteiger charge is -2.38. The molecule has 4 rings (SSSR count). The van der Waals surface area contributed by atoms with E-state index in [2.05, 4.69) is 22.0 Å². The summed E-state index contributed by atoms with van der Waals surface area (Å²) in [6.07, 6.45) is 9.97. The van der Waals surface area contributed by atoms with E-state index in [-0.39, 0.29) is 0 Å². The normalized spacial score (nSPS) is 19.8. The molecule has 26 heavy (non-hydrogen) atoms. The SMILES string of the molecule is COc1cc2c(cc1CN1CCC(O)(c3cccnc3)CC1)CCCC2. The number of methoxy groups -OCH3 is 1. The Balaban J connectivity index is 1.46. The summed E-state index contributed by atoms with van der Waals surface area (Å²) in [7, 11) is 1.77. The predicted molar refractivity (Wildman–Crippen MR) is 102 cm³/mol. The molecule has 4 heteroatoms. The maximum Gasteiger partial charge on any atom is 0.123 e. The molecule has 1 fully saturated rings. The highest BCUT2D eigenvalue weighted by atomic mass is 16.5. The summed E-state index contributed by atoms with van der Waals surface area (Å²) in [5.41, 5.74) is 4.42. The van der Waals surface area contributed by atoms with Crippen molar-refractivity contribution in [1.29, 1.82) is 0 Å². The van der Waals surface area contributed by atoms with Crippen molar-refractivity contribution in [3.05, 3.63) is 58.9 Å². The fourth-order valence-electron chi connectivity index (χ4n) is 4.38. The van der Waals surface area contributed by atoms with Gasteiger partial charge in [0.2, 0.25) is 0 Å². The molecule has 2 heterocycles. The zero-order valence-electron chi connectivity index (χ0n) is 15.6. The van der Waals surface area contributed by atoms with Crippen molar-refractivity contribution >= 4 is 0 Å². The molecule has 4 nitrogen and oxygen atoms in total. The largest absolute Gasteiger partial charge is 0.496 e. The molecule has 1 aliphatic heterocycles. The minimum absolute atomic E-state index is 0.742. The number of ether oxygens (including phenoxy) is 1. The zero-order valence-corrected chi connectivity index (χ0v) is 15.6. The molecule has 1 N–H and O–H groups in total. The predicted octanol–water partition coefficient (Wildman–Crippen LogP) is 3.45. The van der Waals surface area contributed by atoms with E-state index in [1.165, 1.54) is 42.4 Å². The highest BCUT2D eigenvalue weighted by Crippen LogP contribution is 2.34. The Kier molecular flexibility index (Phi) is 4.96. The topological polar surface area (TPSA) is 45.6 Å². The molecule has 0 radical (unpaired) electrons. The van der Waals surface area contributed by atoms with Crippen LogP contribution >= 0.6 is 0 Å². The first-order chi connectivity index (χ1) is 12.7. The minimum Gasteiger partial charge on any atom is -0.496 e.